The molecule has 9 heteroatoms. The van der Waals surface area contributed by atoms with Gasteiger partial charge in [-0.1, -0.05) is 52.0 Å². The van der Waals surface area contributed by atoms with Crippen LogP contribution < -0.4 is 16.4 Å². The number of phenols is 1. The van der Waals surface area contributed by atoms with E-state index in [0.717, 1.165) is 17.7 Å². The summed E-state index contributed by atoms with van der Waals surface area (Å²) in [7, 11) is 0. The predicted octanol–water partition coefficient (Wildman–Crippen LogP) is 5.05. The van der Waals surface area contributed by atoms with E-state index in [4.69, 9.17) is 10.5 Å². The van der Waals surface area contributed by atoms with Crippen LogP contribution in [0, 0.1) is 0 Å². The first kappa shape index (κ1) is 31.3. The Balaban J connectivity index is 0.000000343. The third-order valence-corrected chi connectivity index (χ3v) is 4.91. The van der Waals surface area contributed by atoms with Crippen molar-refractivity contribution < 1.29 is 19.4 Å². The molecule has 5 N–H and O–H groups in total. The van der Waals surface area contributed by atoms with Gasteiger partial charge in [0.1, 0.15) is 22.9 Å². The Bertz CT molecular complexity index is 1040. The molecule has 3 rings (SSSR count). The van der Waals surface area contributed by atoms with Crippen molar-refractivity contribution in [2.24, 2.45) is 10.8 Å². The number of benzene rings is 1. The van der Waals surface area contributed by atoms with Gasteiger partial charge in [-0.15, -0.1) is 5.10 Å². The number of hydrazone groups is 1. The molecule has 1 amide bonds. The lowest BCUT2D eigenvalue weighted by atomic mass is 9.99. The number of carbonyl (C=O) groups is 2. The first-order valence-electron chi connectivity index (χ1n) is 12.6. The fraction of sp³-hybridized carbons (Fsp3) is 0.464. The second kappa shape index (κ2) is 14.7. The van der Waals surface area contributed by atoms with Crippen molar-refractivity contribution in [2.45, 2.75) is 85.9 Å². The van der Waals surface area contributed by atoms with E-state index in [2.05, 4.69) is 36.2 Å². The molecule has 9 nitrogen and oxygen atoms in total. The lowest BCUT2D eigenvalue weighted by molar-refractivity contribution is -0.117. The van der Waals surface area contributed by atoms with Crippen molar-refractivity contribution in [1.29, 1.82) is 0 Å². The zero-order valence-corrected chi connectivity index (χ0v) is 23.2. The van der Waals surface area contributed by atoms with E-state index < -0.39 is 11.7 Å². The number of amidine groups is 1. The van der Waals surface area contributed by atoms with E-state index in [-0.39, 0.29) is 23.4 Å². The third kappa shape index (κ3) is 10.4. The quantitative estimate of drug-likeness (QED) is 0.419. The highest BCUT2D eigenvalue weighted by Crippen LogP contribution is 2.21. The molecule has 0 radical (unpaired) electrons. The third-order valence-electron chi connectivity index (χ3n) is 4.91. The zero-order valence-electron chi connectivity index (χ0n) is 23.2. The van der Waals surface area contributed by atoms with Crippen LogP contribution in [0.25, 0.3) is 0 Å². The molecule has 37 heavy (non-hydrogen) atoms. The summed E-state index contributed by atoms with van der Waals surface area (Å²) < 4.78 is 5.17. The molecule has 1 aliphatic heterocycles. The number of phenolic OH excluding ortho intramolecular Hbond substituents is 1. The number of amides is 1. The number of hydrogen-bond donors (Lipinski definition) is 4. The van der Waals surface area contributed by atoms with Crippen molar-refractivity contribution >= 4 is 17.7 Å². The molecule has 204 valence electrons. The average Bonchev–Trinajstić information content (AvgIpc) is 3.07. The predicted molar refractivity (Wildman–Crippen MR) is 148 cm³/mol. The Hall–Kier alpha value is -3.75. The standard InChI is InChI=1S/C15H18N2O2.C10H17N3O2.C3H8/c1-2-3-7-16-15-13(9-14(15)19)17-10-11-5-4-6-12(18)8-11;1-6-7(2)13(12-8(6)11)9(14)15-10(3,4)5;1-3-2/h3-8,16-18H,2,9-10H2,1H3;7H,1H2,2-5H3,(H2,11,12);3H2,1-2H3/b7-3+;;. The second-order valence-corrected chi connectivity index (χ2v) is 9.65. The van der Waals surface area contributed by atoms with E-state index in [0.29, 0.717) is 24.2 Å². The summed E-state index contributed by atoms with van der Waals surface area (Å²) in [6.45, 7) is 17.8. The average molecular weight is 514 g/mol. The van der Waals surface area contributed by atoms with E-state index in [1.165, 1.54) is 11.4 Å². The van der Waals surface area contributed by atoms with Crippen LogP contribution in [0.2, 0.25) is 0 Å². The maximum atomic E-state index is 11.7. The van der Waals surface area contributed by atoms with Gasteiger partial charge < -0.3 is 26.2 Å². The van der Waals surface area contributed by atoms with Gasteiger partial charge in [0.25, 0.3) is 0 Å². The van der Waals surface area contributed by atoms with Gasteiger partial charge in [-0.2, -0.15) is 5.01 Å². The van der Waals surface area contributed by atoms with E-state index in [1.54, 1.807) is 52.1 Å². The van der Waals surface area contributed by atoms with Crippen LogP contribution in [0.1, 0.15) is 73.3 Å². The Morgan fingerprint density at radius 2 is 1.97 bits per heavy atom. The van der Waals surface area contributed by atoms with Gasteiger partial charge in [-0.25, -0.2) is 4.79 Å². The molecule has 0 saturated heterocycles. The van der Waals surface area contributed by atoms with Crippen molar-refractivity contribution in [2.75, 3.05) is 0 Å². The summed E-state index contributed by atoms with van der Waals surface area (Å²) >= 11 is 0. The second-order valence-electron chi connectivity index (χ2n) is 9.65. The minimum absolute atomic E-state index is 0.124. The highest BCUT2D eigenvalue weighted by molar-refractivity contribution is 6.03. The van der Waals surface area contributed by atoms with E-state index >= 15 is 0 Å². The van der Waals surface area contributed by atoms with Crippen molar-refractivity contribution in [3.63, 3.8) is 0 Å². The molecule has 1 aromatic rings. The lowest BCUT2D eigenvalue weighted by Crippen LogP contribution is -2.36. The first-order valence-corrected chi connectivity index (χ1v) is 12.6. The van der Waals surface area contributed by atoms with Crippen LogP contribution >= 0.6 is 0 Å². The fourth-order valence-corrected chi connectivity index (χ4v) is 2.99. The lowest BCUT2D eigenvalue weighted by Gasteiger charge is -2.24. The van der Waals surface area contributed by atoms with Gasteiger partial charge in [0.05, 0.1) is 12.5 Å². The summed E-state index contributed by atoms with van der Waals surface area (Å²) in [6.07, 6.45) is 5.88. The zero-order chi connectivity index (χ0) is 28.2. The number of Topliss-reactive ketones (excluding diaryl/α,β-unsaturated/α-hetero) is 1. The van der Waals surface area contributed by atoms with Gasteiger partial charge in [0, 0.05) is 17.8 Å². The SMILES string of the molecule is C=C1C(N)=NN(C(=O)OC(C)(C)C)C1C.CC/C=C/NC1=C(NCc2cccc(O)c2)CC1=O.CCC. The van der Waals surface area contributed by atoms with Crippen molar-refractivity contribution in [1.82, 2.24) is 15.6 Å². The maximum absolute atomic E-state index is 11.7. The van der Waals surface area contributed by atoms with Gasteiger partial charge in [0.15, 0.2) is 5.78 Å². The highest BCUT2D eigenvalue weighted by atomic mass is 16.6. The molecule has 0 spiro atoms. The Labute approximate surface area is 221 Å². The van der Waals surface area contributed by atoms with Crippen molar-refractivity contribution in [3.8, 4) is 5.75 Å². The molecule has 0 saturated carbocycles. The number of nitrogens with two attached hydrogens (primary N) is 1. The molecule has 0 bridgehead atoms. The number of aromatic hydroxyl groups is 1. The highest BCUT2D eigenvalue weighted by Gasteiger charge is 2.33. The van der Waals surface area contributed by atoms with Crippen LogP contribution in [0.15, 0.2) is 65.2 Å². The molecule has 1 unspecified atom stereocenters. The topological polar surface area (TPSA) is 129 Å². The first-order chi connectivity index (χ1) is 17.3. The Morgan fingerprint density at radius 1 is 1.32 bits per heavy atom. The number of ether oxygens (including phenoxy) is 1. The molecule has 1 heterocycles. The van der Waals surface area contributed by atoms with Crippen LogP contribution in [0.4, 0.5) is 4.79 Å². The minimum Gasteiger partial charge on any atom is -0.508 e. The number of allylic oxidation sites excluding steroid dienone is 3. The van der Waals surface area contributed by atoms with Crippen LogP contribution in [-0.4, -0.2) is 39.5 Å². The van der Waals surface area contributed by atoms with E-state index in [9.17, 15) is 14.7 Å². The number of nitrogens with one attached hydrogen (secondary N) is 2. The molecular weight excluding hydrogens is 470 g/mol. The van der Waals surface area contributed by atoms with Gasteiger partial charge in [0.2, 0.25) is 0 Å². The number of ketones is 1. The fourth-order valence-electron chi connectivity index (χ4n) is 2.99. The smallest absolute Gasteiger partial charge is 0.431 e. The van der Waals surface area contributed by atoms with Crippen LogP contribution in [-0.2, 0) is 16.1 Å². The number of carbonyl (C=O) groups excluding carboxylic acids is 2. The number of hydrogen-bond acceptors (Lipinski definition) is 8. The molecule has 2 aliphatic rings. The minimum atomic E-state index is -0.537. The Morgan fingerprint density at radius 3 is 2.46 bits per heavy atom. The molecule has 0 fully saturated rings. The molecule has 1 aromatic carbocycles. The summed E-state index contributed by atoms with van der Waals surface area (Å²) in [4.78, 5) is 23.1. The summed E-state index contributed by atoms with van der Waals surface area (Å²) in [5.74, 6) is 0.662. The number of rotatable bonds is 6. The summed E-state index contributed by atoms with van der Waals surface area (Å²) in [5.41, 5.74) is 8.21. The van der Waals surface area contributed by atoms with Gasteiger partial charge in [-0.05, 0) is 58.0 Å². The van der Waals surface area contributed by atoms with Gasteiger partial charge >= 0.3 is 6.09 Å². The number of nitrogens with zero attached hydrogens (tertiary/aromatic N) is 2. The Kier molecular flexibility index (Phi) is 12.4. The summed E-state index contributed by atoms with van der Waals surface area (Å²) in [6, 6.07) is 6.84. The van der Waals surface area contributed by atoms with Crippen LogP contribution in [0.3, 0.4) is 0 Å². The molecular formula is C28H43N5O4. The molecule has 0 aromatic heterocycles. The maximum Gasteiger partial charge on any atom is 0.431 e. The monoisotopic (exact) mass is 513 g/mol. The molecule has 1 aliphatic carbocycles. The normalized spacial score (nSPS) is 16.8. The largest absolute Gasteiger partial charge is 0.508 e. The van der Waals surface area contributed by atoms with Crippen molar-refractivity contribution in [3.05, 3.63) is 65.7 Å². The van der Waals surface area contributed by atoms with E-state index in [1.807, 2.05) is 19.1 Å². The molecule has 1 atom stereocenters. The van der Waals surface area contributed by atoms with Gasteiger partial charge in [-0.3, -0.25) is 4.79 Å². The summed E-state index contributed by atoms with van der Waals surface area (Å²) in [5, 5.41) is 20.7. The van der Waals surface area contributed by atoms with Crippen LogP contribution in [0.5, 0.6) is 5.75 Å².